The number of likely N-dealkylation sites (N-methyl/N-ethyl adjacent to an activating group) is 1. The van der Waals surface area contributed by atoms with Crippen LogP contribution in [-0.4, -0.2) is 53.1 Å². The van der Waals surface area contributed by atoms with Crippen molar-refractivity contribution in [3.05, 3.63) is 18.6 Å². The number of nitrogens with one attached hydrogen (secondary N) is 1. The highest BCUT2D eigenvalue weighted by Crippen LogP contribution is 2.23. The molecular formula is C12H16N6O2. The van der Waals surface area contributed by atoms with Crippen LogP contribution in [0.4, 0.5) is 11.6 Å². The maximum Gasteiger partial charge on any atom is 0.244 e. The number of hydrogen-bond donors (Lipinski definition) is 2. The topological polar surface area (TPSA) is 97.8 Å². The average Bonchev–Trinajstić information content (AvgIpc) is 2.93. The Bertz CT molecular complexity index is 640. The van der Waals surface area contributed by atoms with Gasteiger partial charge in [0, 0.05) is 26.0 Å². The summed E-state index contributed by atoms with van der Waals surface area (Å²) in [5, 5.41) is 2.64. The lowest BCUT2D eigenvalue weighted by Gasteiger charge is -2.35. The Morgan fingerprint density at radius 3 is 3.25 bits per heavy atom. The number of ether oxygens (including phenoxy) is 1. The van der Waals surface area contributed by atoms with Gasteiger partial charge in [0.15, 0.2) is 11.5 Å². The standard InChI is InChI=1S/C12H16N6O2/c1-14-12(19)8-7-20-5-4-18(8)11-10-15-2-3-17(10)6-9(13)16-11/h2-3,6,8H,4-5,7,13H2,1H3,(H,14,19). The van der Waals surface area contributed by atoms with Crippen molar-refractivity contribution in [3.63, 3.8) is 0 Å². The van der Waals surface area contributed by atoms with Crippen LogP contribution in [0, 0.1) is 0 Å². The van der Waals surface area contributed by atoms with Crippen LogP contribution in [0.1, 0.15) is 0 Å². The minimum absolute atomic E-state index is 0.112. The van der Waals surface area contributed by atoms with E-state index in [4.69, 9.17) is 10.5 Å². The highest BCUT2D eigenvalue weighted by molar-refractivity contribution is 5.86. The number of nitrogen functional groups attached to an aromatic ring is 1. The number of morpholine rings is 1. The number of imidazole rings is 1. The molecule has 3 heterocycles. The summed E-state index contributed by atoms with van der Waals surface area (Å²) in [4.78, 5) is 22.5. The fourth-order valence-electron chi connectivity index (χ4n) is 2.37. The van der Waals surface area contributed by atoms with Gasteiger partial charge in [0.05, 0.1) is 19.4 Å². The van der Waals surface area contributed by atoms with Gasteiger partial charge >= 0.3 is 0 Å². The first-order valence-corrected chi connectivity index (χ1v) is 6.36. The number of rotatable bonds is 2. The van der Waals surface area contributed by atoms with Gasteiger partial charge < -0.3 is 25.1 Å². The van der Waals surface area contributed by atoms with Crippen LogP contribution in [0.5, 0.6) is 0 Å². The molecule has 0 aromatic carbocycles. The normalized spacial score (nSPS) is 19.2. The minimum atomic E-state index is -0.427. The molecule has 106 valence electrons. The van der Waals surface area contributed by atoms with E-state index in [1.165, 1.54) is 0 Å². The molecular weight excluding hydrogens is 260 g/mol. The molecule has 1 saturated heterocycles. The van der Waals surface area contributed by atoms with Gasteiger partial charge in [-0.3, -0.25) is 4.79 Å². The van der Waals surface area contributed by atoms with Crippen LogP contribution in [0.2, 0.25) is 0 Å². The maximum absolute atomic E-state index is 12.0. The number of anilines is 2. The fourth-order valence-corrected chi connectivity index (χ4v) is 2.37. The molecule has 0 radical (unpaired) electrons. The summed E-state index contributed by atoms with van der Waals surface area (Å²) in [5.41, 5.74) is 6.50. The van der Waals surface area contributed by atoms with Gasteiger partial charge in [-0.15, -0.1) is 0 Å². The third-order valence-corrected chi connectivity index (χ3v) is 3.32. The Kier molecular flexibility index (Phi) is 3.15. The van der Waals surface area contributed by atoms with Crippen molar-refractivity contribution in [2.75, 3.05) is 37.4 Å². The number of carbonyl (C=O) groups excluding carboxylic acids is 1. The number of amides is 1. The van der Waals surface area contributed by atoms with E-state index in [1.54, 1.807) is 30.0 Å². The summed E-state index contributed by atoms with van der Waals surface area (Å²) in [6.07, 6.45) is 5.17. The molecule has 0 aliphatic carbocycles. The van der Waals surface area contributed by atoms with Crippen LogP contribution in [0.3, 0.4) is 0 Å². The molecule has 8 heteroatoms. The predicted octanol–water partition coefficient (Wildman–Crippen LogP) is -0.737. The first-order chi connectivity index (χ1) is 9.70. The molecule has 3 N–H and O–H groups in total. The summed E-state index contributed by atoms with van der Waals surface area (Å²) in [7, 11) is 1.60. The van der Waals surface area contributed by atoms with Gasteiger partial charge in [0.2, 0.25) is 5.91 Å². The molecule has 1 aliphatic rings. The predicted molar refractivity (Wildman–Crippen MR) is 73.4 cm³/mol. The first kappa shape index (κ1) is 12.7. The number of aromatic nitrogens is 3. The van der Waals surface area contributed by atoms with Crippen molar-refractivity contribution in [2.45, 2.75) is 6.04 Å². The Morgan fingerprint density at radius 1 is 1.60 bits per heavy atom. The van der Waals surface area contributed by atoms with Crippen LogP contribution >= 0.6 is 0 Å². The second-order valence-corrected chi connectivity index (χ2v) is 4.55. The molecule has 3 rings (SSSR count). The molecule has 0 spiro atoms. The molecule has 2 aromatic rings. The zero-order valence-electron chi connectivity index (χ0n) is 11.1. The highest BCUT2D eigenvalue weighted by Gasteiger charge is 2.31. The molecule has 1 unspecified atom stereocenters. The molecule has 1 aliphatic heterocycles. The quantitative estimate of drug-likeness (QED) is 0.750. The molecule has 1 amide bonds. The van der Waals surface area contributed by atoms with E-state index in [1.807, 2.05) is 4.90 Å². The lowest BCUT2D eigenvalue weighted by Crippen LogP contribution is -2.53. The van der Waals surface area contributed by atoms with Gasteiger partial charge in [0.25, 0.3) is 0 Å². The van der Waals surface area contributed by atoms with E-state index in [2.05, 4.69) is 15.3 Å². The van der Waals surface area contributed by atoms with E-state index in [0.717, 1.165) is 0 Å². The van der Waals surface area contributed by atoms with Crippen molar-refractivity contribution in [1.29, 1.82) is 0 Å². The number of nitrogens with two attached hydrogens (primary N) is 1. The monoisotopic (exact) mass is 276 g/mol. The number of carbonyl (C=O) groups is 1. The second-order valence-electron chi connectivity index (χ2n) is 4.55. The summed E-state index contributed by atoms with van der Waals surface area (Å²) in [6.45, 7) is 1.43. The summed E-state index contributed by atoms with van der Waals surface area (Å²) < 4.78 is 7.19. The largest absolute Gasteiger partial charge is 0.382 e. The van der Waals surface area contributed by atoms with E-state index in [0.29, 0.717) is 37.0 Å². The van der Waals surface area contributed by atoms with Crippen molar-refractivity contribution in [3.8, 4) is 0 Å². The van der Waals surface area contributed by atoms with Gasteiger partial charge in [0.1, 0.15) is 11.9 Å². The van der Waals surface area contributed by atoms with E-state index in [-0.39, 0.29) is 5.91 Å². The third kappa shape index (κ3) is 2.03. The van der Waals surface area contributed by atoms with Crippen molar-refractivity contribution in [2.24, 2.45) is 0 Å². The molecule has 8 nitrogen and oxygen atoms in total. The van der Waals surface area contributed by atoms with Crippen molar-refractivity contribution < 1.29 is 9.53 Å². The average molecular weight is 276 g/mol. The third-order valence-electron chi connectivity index (χ3n) is 3.32. The second kappa shape index (κ2) is 4.97. The number of nitrogens with zero attached hydrogens (tertiary/aromatic N) is 4. The maximum atomic E-state index is 12.0. The van der Waals surface area contributed by atoms with E-state index >= 15 is 0 Å². The van der Waals surface area contributed by atoms with Crippen molar-refractivity contribution >= 4 is 23.2 Å². The molecule has 2 aromatic heterocycles. The van der Waals surface area contributed by atoms with Gasteiger partial charge in [-0.2, -0.15) is 0 Å². The minimum Gasteiger partial charge on any atom is -0.382 e. The Labute approximate surface area is 115 Å². The Balaban J connectivity index is 2.07. The lowest BCUT2D eigenvalue weighted by atomic mass is 10.2. The fraction of sp³-hybridized carbons (Fsp3) is 0.417. The van der Waals surface area contributed by atoms with Crippen LogP contribution in [0.15, 0.2) is 18.6 Å². The Hall–Kier alpha value is -2.35. The Morgan fingerprint density at radius 2 is 2.45 bits per heavy atom. The van der Waals surface area contributed by atoms with Gasteiger partial charge in [-0.1, -0.05) is 0 Å². The number of hydrogen-bond acceptors (Lipinski definition) is 6. The smallest absolute Gasteiger partial charge is 0.244 e. The number of fused-ring (bicyclic) bond motifs is 1. The summed E-state index contributed by atoms with van der Waals surface area (Å²) >= 11 is 0. The molecule has 20 heavy (non-hydrogen) atoms. The van der Waals surface area contributed by atoms with Crippen LogP contribution < -0.4 is 16.0 Å². The molecule has 0 saturated carbocycles. The highest BCUT2D eigenvalue weighted by atomic mass is 16.5. The summed E-state index contributed by atoms with van der Waals surface area (Å²) in [6, 6.07) is -0.427. The summed E-state index contributed by atoms with van der Waals surface area (Å²) in [5.74, 6) is 0.873. The first-order valence-electron chi connectivity index (χ1n) is 6.36. The van der Waals surface area contributed by atoms with Crippen molar-refractivity contribution in [1.82, 2.24) is 19.7 Å². The van der Waals surface area contributed by atoms with Crippen LogP contribution in [-0.2, 0) is 9.53 Å². The zero-order chi connectivity index (χ0) is 14.1. The lowest BCUT2D eigenvalue weighted by molar-refractivity contribution is -0.124. The van der Waals surface area contributed by atoms with E-state index < -0.39 is 6.04 Å². The SMILES string of the molecule is CNC(=O)C1COCCN1c1nc(N)cn2ccnc12. The zero-order valence-corrected chi connectivity index (χ0v) is 11.1. The van der Waals surface area contributed by atoms with Gasteiger partial charge in [-0.05, 0) is 0 Å². The van der Waals surface area contributed by atoms with E-state index in [9.17, 15) is 4.79 Å². The van der Waals surface area contributed by atoms with Gasteiger partial charge in [-0.25, -0.2) is 9.97 Å². The molecule has 1 atom stereocenters. The molecule has 0 bridgehead atoms. The molecule has 1 fully saturated rings. The van der Waals surface area contributed by atoms with Crippen LogP contribution in [0.25, 0.3) is 5.65 Å².